The Morgan fingerprint density at radius 3 is 2.71 bits per heavy atom. The lowest BCUT2D eigenvalue weighted by molar-refractivity contribution is 0.112. The molecule has 1 aromatic rings. The molecule has 17 heavy (non-hydrogen) atoms. The van der Waals surface area contributed by atoms with Crippen molar-refractivity contribution < 1.29 is 14.3 Å². The van der Waals surface area contributed by atoms with Crippen molar-refractivity contribution in [3.8, 4) is 11.5 Å². The number of benzene rings is 1. The molecule has 0 aliphatic carbocycles. The van der Waals surface area contributed by atoms with E-state index in [0.717, 1.165) is 18.3 Å². The molecule has 0 aromatic heterocycles. The predicted molar refractivity (Wildman–Crippen MR) is 67.9 cm³/mol. The summed E-state index contributed by atoms with van der Waals surface area (Å²) in [4.78, 5) is 10.7. The zero-order chi connectivity index (χ0) is 12.7. The van der Waals surface area contributed by atoms with E-state index < -0.39 is 0 Å². The number of ether oxygens (including phenoxy) is 2. The standard InChI is InChI=1S/C14H18O3/c1-4-16-14-9-12(10-15)5-6-13(14)17-8-7-11(2)3/h5-6,9-10H,2,4,7-8H2,1,3H3. The van der Waals surface area contributed by atoms with Gasteiger partial charge in [-0.2, -0.15) is 0 Å². The average molecular weight is 234 g/mol. The van der Waals surface area contributed by atoms with Gasteiger partial charge in [0.05, 0.1) is 13.2 Å². The SMILES string of the molecule is C=C(C)CCOc1ccc(C=O)cc1OCC. The van der Waals surface area contributed by atoms with Gasteiger partial charge in [-0.3, -0.25) is 4.79 Å². The van der Waals surface area contributed by atoms with E-state index in [1.165, 1.54) is 0 Å². The number of hydrogen-bond acceptors (Lipinski definition) is 3. The Balaban J connectivity index is 2.75. The smallest absolute Gasteiger partial charge is 0.161 e. The van der Waals surface area contributed by atoms with Crippen LogP contribution in [0.2, 0.25) is 0 Å². The lowest BCUT2D eigenvalue weighted by Gasteiger charge is -2.12. The van der Waals surface area contributed by atoms with Gasteiger partial charge in [-0.05, 0) is 32.0 Å². The Kier molecular flexibility index (Phi) is 5.27. The first-order valence-corrected chi connectivity index (χ1v) is 5.66. The fourth-order valence-electron chi connectivity index (χ4n) is 1.32. The van der Waals surface area contributed by atoms with Gasteiger partial charge in [-0.25, -0.2) is 0 Å². The van der Waals surface area contributed by atoms with Crippen molar-refractivity contribution >= 4 is 6.29 Å². The largest absolute Gasteiger partial charge is 0.490 e. The molecule has 0 aliphatic heterocycles. The minimum absolute atomic E-state index is 0.541. The minimum Gasteiger partial charge on any atom is -0.490 e. The van der Waals surface area contributed by atoms with Crippen molar-refractivity contribution in [1.29, 1.82) is 0 Å². The van der Waals surface area contributed by atoms with E-state index in [2.05, 4.69) is 6.58 Å². The normalized spacial score (nSPS) is 9.76. The summed E-state index contributed by atoms with van der Waals surface area (Å²) in [6.45, 7) is 8.78. The van der Waals surface area contributed by atoms with Gasteiger partial charge in [-0.15, -0.1) is 6.58 Å². The fraction of sp³-hybridized carbons (Fsp3) is 0.357. The first kappa shape index (κ1) is 13.3. The Labute approximate surface area is 102 Å². The van der Waals surface area contributed by atoms with Gasteiger partial charge < -0.3 is 9.47 Å². The molecule has 3 nitrogen and oxygen atoms in total. The van der Waals surface area contributed by atoms with Crippen LogP contribution in [0.25, 0.3) is 0 Å². The van der Waals surface area contributed by atoms with Crippen LogP contribution in [0, 0.1) is 0 Å². The predicted octanol–water partition coefficient (Wildman–Crippen LogP) is 3.24. The van der Waals surface area contributed by atoms with Crippen molar-refractivity contribution in [3.05, 3.63) is 35.9 Å². The number of carbonyl (C=O) groups excluding carboxylic acids is 1. The van der Waals surface area contributed by atoms with E-state index in [0.29, 0.717) is 30.3 Å². The van der Waals surface area contributed by atoms with Crippen LogP contribution < -0.4 is 9.47 Å². The maximum atomic E-state index is 10.7. The molecule has 0 atom stereocenters. The van der Waals surface area contributed by atoms with Crippen LogP contribution in [0.3, 0.4) is 0 Å². The quantitative estimate of drug-likeness (QED) is 0.536. The van der Waals surface area contributed by atoms with E-state index >= 15 is 0 Å². The Morgan fingerprint density at radius 1 is 1.35 bits per heavy atom. The summed E-state index contributed by atoms with van der Waals surface area (Å²) in [5.74, 6) is 1.28. The highest BCUT2D eigenvalue weighted by molar-refractivity contribution is 5.76. The maximum absolute atomic E-state index is 10.7. The summed E-state index contributed by atoms with van der Waals surface area (Å²) < 4.78 is 11.0. The van der Waals surface area contributed by atoms with Crippen LogP contribution in [-0.2, 0) is 0 Å². The van der Waals surface area contributed by atoms with E-state index in [4.69, 9.17) is 9.47 Å². The minimum atomic E-state index is 0.541. The number of aldehydes is 1. The molecule has 0 saturated carbocycles. The summed E-state index contributed by atoms with van der Waals surface area (Å²) in [6, 6.07) is 5.16. The summed E-state index contributed by atoms with van der Waals surface area (Å²) in [6.07, 6.45) is 1.60. The van der Waals surface area contributed by atoms with Crippen LogP contribution >= 0.6 is 0 Å². The molecule has 3 heteroatoms. The summed E-state index contributed by atoms with van der Waals surface area (Å²) >= 11 is 0. The van der Waals surface area contributed by atoms with Gasteiger partial charge in [0.15, 0.2) is 11.5 Å². The summed E-state index contributed by atoms with van der Waals surface area (Å²) in [5.41, 5.74) is 1.66. The topological polar surface area (TPSA) is 35.5 Å². The second-order valence-corrected chi connectivity index (χ2v) is 3.81. The van der Waals surface area contributed by atoms with Crippen molar-refractivity contribution in [2.24, 2.45) is 0 Å². The first-order valence-electron chi connectivity index (χ1n) is 5.66. The molecule has 0 radical (unpaired) electrons. The van der Waals surface area contributed by atoms with E-state index in [9.17, 15) is 4.79 Å². The van der Waals surface area contributed by atoms with Crippen LogP contribution in [0.1, 0.15) is 30.6 Å². The second-order valence-electron chi connectivity index (χ2n) is 3.81. The molecule has 0 spiro atoms. The molecule has 0 heterocycles. The van der Waals surface area contributed by atoms with E-state index in [1.54, 1.807) is 18.2 Å². The molecule has 0 N–H and O–H groups in total. The molecule has 0 fully saturated rings. The van der Waals surface area contributed by atoms with Gasteiger partial charge in [0, 0.05) is 12.0 Å². The molecule has 0 bridgehead atoms. The number of hydrogen-bond donors (Lipinski definition) is 0. The van der Waals surface area contributed by atoms with Crippen molar-refractivity contribution in [2.45, 2.75) is 20.3 Å². The molecule has 1 rings (SSSR count). The van der Waals surface area contributed by atoms with Crippen molar-refractivity contribution in [2.75, 3.05) is 13.2 Å². The van der Waals surface area contributed by atoms with Gasteiger partial charge in [0.1, 0.15) is 6.29 Å². The molecule has 0 amide bonds. The zero-order valence-electron chi connectivity index (χ0n) is 10.4. The lowest BCUT2D eigenvalue weighted by atomic mass is 10.2. The Bertz CT molecular complexity index is 396. The van der Waals surface area contributed by atoms with E-state index in [1.807, 2.05) is 13.8 Å². The van der Waals surface area contributed by atoms with E-state index in [-0.39, 0.29) is 0 Å². The van der Waals surface area contributed by atoms with Crippen LogP contribution in [-0.4, -0.2) is 19.5 Å². The van der Waals surface area contributed by atoms with Gasteiger partial charge in [0.25, 0.3) is 0 Å². The Morgan fingerprint density at radius 2 is 2.12 bits per heavy atom. The van der Waals surface area contributed by atoms with Gasteiger partial charge in [0.2, 0.25) is 0 Å². The Hall–Kier alpha value is -1.77. The molecular formula is C14H18O3. The molecular weight excluding hydrogens is 216 g/mol. The van der Waals surface area contributed by atoms with Gasteiger partial charge in [-0.1, -0.05) is 5.57 Å². The number of rotatable bonds is 7. The molecule has 92 valence electrons. The monoisotopic (exact) mass is 234 g/mol. The molecule has 0 saturated heterocycles. The second kappa shape index (κ2) is 6.74. The highest BCUT2D eigenvalue weighted by Gasteiger charge is 2.06. The first-order chi connectivity index (χ1) is 8.17. The van der Waals surface area contributed by atoms with Crippen LogP contribution in [0.4, 0.5) is 0 Å². The maximum Gasteiger partial charge on any atom is 0.161 e. The number of carbonyl (C=O) groups is 1. The van der Waals surface area contributed by atoms with Crippen LogP contribution in [0.5, 0.6) is 11.5 Å². The van der Waals surface area contributed by atoms with Crippen molar-refractivity contribution in [3.63, 3.8) is 0 Å². The highest BCUT2D eigenvalue weighted by atomic mass is 16.5. The molecule has 1 aromatic carbocycles. The average Bonchev–Trinajstić information content (AvgIpc) is 2.31. The van der Waals surface area contributed by atoms with Crippen molar-refractivity contribution in [1.82, 2.24) is 0 Å². The third-order valence-electron chi connectivity index (χ3n) is 2.19. The third kappa shape index (κ3) is 4.31. The third-order valence-corrected chi connectivity index (χ3v) is 2.19. The van der Waals surface area contributed by atoms with Crippen LogP contribution in [0.15, 0.2) is 30.4 Å². The van der Waals surface area contributed by atoms with Gasteiger partial charge >= 0.3 is 0 Å². The summed E-state index contributed by atoms with van der Waals surface area (Å²) in [7, 11) is 0. The highest BCUT2D eigenvalue weighted by Crippen LogP contribution is 2.28. The fourth-order valence-corrected chi connectivity index (χ4v) is 1.32. The molecule has 0 aliphatic rings. The molecule has 0 unspecified atom stereocenters. The summed E-state index contributed by atoms with van der Waals surface area (Å²) in [5, 5.41) is 0. The lowest BCUT2D eigenvalue weighted by Crippen LogP contribution is -2.01. The zero-order valence-corrected chi connectivity index (χ0v) is 10.4.